The van der Waals surface area contributed by atoms with Gasteiger partial charge in [0, 0.05) is 19.2 Å². The third kappa shape index (κ3) is 3.94. The van der Waals surface area contributed by atoms with Crippen LogP contribution in [0.1, 0.15) is 12.8 Å². The summed E-state index contributed by atoms with van der Waals surface area (Å²) in [6.45, 7) is 2.18. The number of nitrogens with one attached hydrogen (secondary N) is 1. The molecular formula is C9H16BrNO3. The van der Waals surface area contributed by atoms with Gasteiger partial charge in [0.1, 0.15) is 4.83 Å². The zero-order valence-corrected chi connectivity index (χ0v) is 9.88. The Kier molecular flexibility index (Phi) is 5.44. The van der Waals surface area contributed by atoms with Crippen LogP contribution in [0.4, 0.5) is 0 Å². The quantitative estimate of drug-likeness (QED) is 0.601. The van der Waals surface area contributed by atoms with E-state index in [9.17, 15) is 4.79 Å². The van der Waals surface area contributed by atoms with E-state index in [1.165, 1.54) is 7.11 Å². The fourth-order valence-corrected chi connectivity index (χ4v) is 1.76. The minimum atomic E-state index is -0.269. The van der Waals surface area contributed by atoms with Gasteiger partial charge in [-0.3, -0.25) is 4.79 Å². The van der Waals surface area contributed by atoms with E-state index in [2.05, 4.69) is 26.0 Å². The van der Waals surface area contributed by atoms with Gasteiger partial charge in [0.05, 0.1) is 13.7 Å². The van der Waals surface area contributed by atoms with E-state index < -0.39 is 0 Å². The lowest BCUT2D eigenvalue weighted by atomic mass is 10.1. The van der Waals surface area contributed by atoms with Gasteiger partial charge in [-0.1, -0.05) is 15.9 Å². The van der Waals surface area contributed by atoms with Crippen molar-refractivity contribution in [2.75, 3.05) is 26.9 Å². The molecule has 0 saturated carbocycles. The van der Waals surface area contributed by atoms with Crippen LogP contribution in [0, 0.1) is 0 Å². The molecule has 0 aromatic heterocycles. The van der Waals surface area contributed by atoms with Crippen molar-refractivity contribution >= 4 is 21.9 Å². The van der Waals surface area contributed by atoms with Crippen molar-refractivity contribution in [3.8, 4) is 0 Å². The molecule has 1 aliphatic heterocycles. The van der Waals surface area contributed by atoms with Crippen LogP contribution in [0.2, 0.25) is 0 Å². The highest BCUT2D eigenvalue weighted by Crippen LogP contribution is 2.07. The van der Waals surface area contributed by atoms with Crippen molar-refractivity contribution in [3.05, 3.63) is 0 Å². The van der Waals surface area contributed by atoms with Gasteiger partial charge in [-0.15, -0.1) is 0 Å². The Morgan fingerprint density at radius 2 is 2.57 bits per heavy atom. The maximum atomic E-state index is 11.0. The average Bonchev–Trinajstić information content (AvgIpc) is 2.26. The molecule has 0 spiro atoms. The number of hydrogen-bond donors (Lipinski definition) is 1. The Labute approximate surface area is 92.5 Å². The van der Waals surface area contributed by atoms with Crippen molar-refractivity contribution in [2.24, 2.45) is 0 Å². The fraction of sp³-hybridized carbons (Fsp3) is 0.889. The maximum absolute atomic E-state index is 11.0. The standard InChI is InChI=1S/C9H16BrNO3/c1-13-9(12)8(10)5-11-7-3-2-4-14-6-7/h7-8,11H,2-6H2,1H3. The first-order valence-corrected chi connectivity index (χ1v) is 5.68. The lowest BCUT2D eigenvalue weighted by molar-refractivity contribution is -0.139. The monoisotopic (exact) mass is 265 g/mol. The molecule has 0 aromatic carbocycles. The summed E-state index contributed by atoms with van der Waals surface area (Å²) in [4.78, 5) is 10.8. The second kappa shape index (κ2) is 6.37. The molecule has 14 heavy (non-hydrogen) atoms. The molecule has 0 bridgehead atoms. The molecule has 1 rings (SSSR count). The van der Waals surface area contributed by atoms with Gasteiger partial charge >= 0.3 is 5.97 Å². The van der Waals surface area contributed by atoms with E-state index in [-0.39, 0.29) is 10.8 Å². The number of carbonyl (C=O) groups excluding carboxylic acids is 1. The molecule has 5 heteroatoms. The van der Waals surface area contributed by atoms with E-state index in [4.69, 9.17) is 4.74 Å². The summed E-state index contributed by atoms with van der Waals surface area (Å²) in [5, 5.41) is 3.26. The Bertz CT molecular complexity index is 183. The molecule has 2 atom stereocenters. The van der Waals surface area contributed by atoms with Gasteiger partial charge in [-0.05, 0) is 12.8 Å². The van der Waals surface area contributed by atoms with Crippen LogP contribution < -0.4 is 5.32 Å². The molecule has 0 aliphatic carbocycles. The molecule has 1 fully saturated rings. The number of alkyl halides is 1. The fourth-order valence-electron chi connectivity index (χ4n) is 1.38. The molecule has 1 N–H and O–H groups in total. The van der Waals surface area contributed by atoms with Gasteiger partial charge in [0.2, 0.25) is 0 Å². The summed E-state index contributed by atoms with van der Waals surface area (Å²) in [6.07, 6.45) is 2.20. The lowest BCUT2D eigenvalue weighted by Crippen LogP contribution is -2.41. The van der Waals surface area contributed by atoms with E-state index >= 15 is 0 Å². The van der Waals surface area contributed by atoms with Crippen molar-refractivity contribution in [1.29, 1.82) is 0 Å². The molecule has 1 saturated heterocycles. The number of methoxy groups -OCH3 is 1. The van der Waals surface area contributed by atoms with Gasteiger partial charge in [-0.2, -0.15) is 0 Å². The summed E-state index contributed by atoms with van der Waals surface area (Å²) in [5.74, 6) is -0.241. The number of halogens is 1. The van der Waals surface area contributed by atoms with Crippen LogP contribution in [0.5, 0.6) is 0 Å². The molecule has 1 heterocycles. The second-order valence-electron chi connectivity index (χ2n) is 3.31. The summed E-state index contributed by atoms with van der Waals surface area (Å²) >= 11 is 3.25. The third-order valence-electron chi connectivity index (χ3n) is 2.20. The summed E-state index contributed by atoms with van der Waals surface area (Å²) in [5.41, 5.74) is 0. The predicted molar refractivity (Wildman–Crippen MR) is 56.6 cm³/mol. The van der Waals surface area contributed by atoms with Crippen LogP contribution in [-0.4, -0.2) is 43.7 Å². The second-order valence-corrected chi connectivity index (χ2v) is 4.42. The van der Waals surface area contributed by atoms with E-state index in [1.54, 1.807) is 0 Å². The van der Waals surface area contributed by atoms with E-state index in [0.29, 0.717) is 12.6 Å². The van der Waals surface area contributed by atoms with E-state index in [0.717, 1.165) is 26.1 Å². The molecule has 0 radical (unpaired) electrons. The molecule has 82 valence electrons. The zero-order chi connectivity index (χ0) is 10.4. The zero-order valence-electron chi connectivity index (χ0n) is 8.29. The average molecular weight is 266 g/mol. The Balaban J connectivity index is 2.15. The molecular weight excluding hydrogens is 250 g/mol. The van der Waals surface area contributed by atoms with Crippen LogP contribution >= 0.6 is 15.9 Å². The van der Waals surface area contributed by atoms with Crippen LogP contribution in [0.15, 0.2) is 0 Å². The lowest BCUT2D eigenvalue weighted by Gasteiger charge is -2.23. The van der Waals surface area contributed by atoms with Crippen molar-refractivity contribution in [1.82, 2.24) is 5.32 Å². The highest BCUT2D eigenvalue weighted by atomic mass is 79.9. The minimum Gasteiger partial charge on any atom is -0.468 e. The van der Waals surface area contributed by atoms with Gasteiger partial charge in [-0.25, -0.2) is 0 Å². The minimum absolute atomic E-state index is 0.241. The number of rotatable bonds is 4. The predicted octanol–water partition coefficient (Wildman–Crippen LogP) is 0.692. The van der Waals surface area contributed by atoms with Crippen molar-refractivity contribution < 1.29 is 14.3 Å². The molecule has 4 nitrogen and oxygen atoms in total. The SMILES string of the molecule is COC(=O)C(Br)CNC1CCCOC1. The Hall–Kier alpha value is -0.130. The molecule has 2 unspecified atom stereocenters. The van der Waals surface area contributed by atoms with Gasteiger partial charge < -0.3 is 14.8 Å². The van der Waals surface area contributed by atoms with Crippen LogP contribution in [0.3, 0.4) is 0 Å². The van der Waals surface area contributed by atoms with Crippen LogP contribution in [0.25, 0.3) is 0 Å². The summed E-state index contributed by atoms with van der Waals surface area (Å²) < 4.78 is 9.90. The number of hydrogen-bond acceptors (Lipinski definition) is 4. The molecule has 0 amide bonds. The van der Waals surface area contributed by atoms with Crippen molar-refractivity contribution in [3.63, 3.8) is 0 Å². The molecule has 1 aliphatic rings. The van der Waals surface area contributed by atoms with Crippen LogP contribution in [-0.2, 0) is 14.3 Å². The highest BCUT2D eigenvalue weighted by Gasteiger charge is 2.18. The first-order chi connectivity index (χ1) is 6.74. The first-order valence-electron chi connectivity index (χ1n) is 4.77. The Morgan fingerprint density at radius 3 is 3.14 bits per heavy atom. The third-order valence-corrected chi connectivity index (χ3v) is 2.90. The summed E-state index contributed by atoms with van der Waals surface area (Å²) in [7, 11) is 1.39. The Morgan fingerprint density at radius 1 is 1.79 bits per heavy atom. The number of esters is 1. The van der Waals surface area contributed by atoms with E-state index in [1.807, 2.05) is 0 Å². The first kappa shape index (κ1) is 11.9. The smallest absolute Gasteiger partial charge is 0.320 e. The van der Waals surface area contributed by atoms with Gasteiger partial charge in [0.25, 0.3) is 0 Å². The maximum Gasteiger partial charge on any atom is 0.320 e. The highest BCUT2D eigenvalue weighted by molar-refractivity contribution is 9.10. The number of carbonyl (C=O) groups is 1. The number of ether oxygens (including phenoxy) is 2. The molecule has 0 aromatic rings. The van der Waals surface area contributed by atoms with Gasteiger partial charge in [0.15, 0.2) is 0 Å². The summed E-state index contributed by atoms with van der Waals surface area (Å²) in [6, 6.07) is 0.369. The normalized spacial score (nSPS) is 24.3. The topological polar surface area (TPSA) is 47.6 Å². The van der Waals surface area contributed by atoms with Crippen molar-refractivity contribution in [2.45, 2.75) is 23.7 Å². The largest absolute Gasteiger partial charge is 0.468 e.